The minimum Gasteiger partial charge on any atom is -0.430 e. The highest BCUT2D eigenvalue weighted by molar-refractivity contribution is 9.10. The van der Waals surface area contributed by atoms with Crippen molar-refractivity contribution in [3.63, 3.8) is 0 Å². The van der Waals surface area contributed by atoms with E-state index in [0.29, 0.717) is 32.2 Å². The van der Waals surface area contributed by atoms with Crippen LogP contribution in [0.1, 0.15) is 16.3 Å². The van der Waals surface area contributed by atoms with Gasteiger partial charge in [0.25, 0.3) is 0 Å². The summed E-state index contributed by atoms with van der Waals surface area (Å²) in [6.07, 6.45) is -2.82. The molecule has 2 aromatic carbocycles. The Morgan fingerprint density at radius 1 is 0.951 bits per heavy atom. The number of hydrogen-bond donors (Lipinski definition) is 0. The highest BCUT2D eigenvalue weighted by Gasteiger charge is 2.44. The molecule has 208 valence electrons. The average molecular weight is 665 g/mol. The fourth-order valence-corrected chi connectivity index (χ4v) is 10.0. The smallest absolute Gasteiger partial charge is 0.238 e. The van der Waals surface area contributed by atoms with Gasteiger partial charge in [0.15, 0.2) is 5.82 Å². The molecule has 2 aliphatic rings. The second kappa shape index (κ2) is 10.8. The van der Waals surface area contributed by atoms with Gasteiger partial charge in [0.2, 0.25) is 12.3 Å². The van der Waals surface area contributed by atoms with Crippen LogP contribution < -0.4 is 5.30 Å². The lowest BCUT2D eigenvalue weighted by molar-refractivity contribution is 0.0723. The third-order valence-electron chi connectivity index (χ3n) is 7.40. The molecule has 2 aliphatic heterocycles. The second-order valence-electron chi connectivity index (χ2n) is 9.94. The summed E-state index contributed by atoms with van der Waals surface area (Å²) in [5.41, 5.74) is 6.06. The number of aliphatic imine (C=N–C) groups is 1. The number of hydrogen-bond acceptors (Lipinski definition) is 6. The molecule has 11 heteroatoms. The molecule has 1 unspecified atom stereocenters. The molecule has 3 aromatic heterocycles. The zero-order chi connectivity index (χ0) is 28.1. The summed E-state index contributed by atoms with van der Waals surface area (Å²) in [6.45, 7) is 6.89. The van der Waals surface area contributed by atoms with Crippen LogP contribution in [0.4, 0.5) is 5.82 Å². The van der Waals surface area contributed by atoms with E-state index in [9.17, 15) is 0 Å². The van der Waals surface area contributed by atoms with Gasteiger partial charge in [-0.1, -0.05) is 40.2 Å². The first-order valence-corrected chi connectivity index (χ1v) is 17.7. The fraction of sp³-hybridized carbons (Fsp3) is 0.200. The Balaban J connectivity index is 1.51. The van der Waals surface area contributed by atoms with E-state index in [0.717, 1.165) is 54.5 Å². The standard InChI is InChI=1S/C30H27BrN5O2PS2/c1-20-19-25(21(2)35(20)23-12-10-22(31)11-13-23)27-28-29(36(33-27)24-7-4-3-5-8-24)32-30(26-9-6-18-41-26)38-39(28,40)34-14-16-37-17-15-34/h3-13,18-19H,14-17H2,1-2H3. The summed E-state index contributed by atoms with van der Waals surface area (Å²) in [7, 11) is 0. The van der Waals surface area contributed by atoms with Gasteiger partial charge in [-0.2, -0.15) is 10.1 Å². The van der Waals surface area contributed by atoms with E-state index in [1.165, 1.54) is 0 Å². The monoisotopic (exact) mass is 663 g/mol. The molecule has 41 heavy (non-hydrogen) atoms. The van der Waals surface area contributed by atoms with Gasteiger partial charge in [-0.25, -0.2) is 9.35 Å². The number of nitrogens with zero attached hydrogens (tertiary/aromatic N) is 5. The first kappa shape index (κ1) is 27.0. The summed E-state index contributed by atoms with van der Waals surface area (Å²) < 4.78 is 20.1. The lowest BCUT2D eigenvalue weighted by Crippen LogP contribution is -2.39. The predicted molar refractivity (Wildman–Crippen MR) is 173 cm³/mol. The third kappa shape index (κ3) is 4.67. The van der Waals surface area contributed by atoms with Gasteiger partial charge in [0, 0.05) is 40.2 Å². The Morgan fingerprint density at radius 3 is 2.41 bits per heavy atom. The minimum absolute atomic E-state index is 0.561. The fourth-order valence-electron chi connectivity index (χ4n) is 5.48. The van der Waals surface area contributed by atoms with Crippen molar-refractivity contribution in [2.45, 2.75) is 13.8 Å². The average Bonchev–Trinajstić information content (AvgIpc) is 3.73. The number of morpholine rings is 1. The van der Waals surface area contributed by atoms with Gasteiger partial charge in [-0.05, 0) is 79.6 Å². The number of aromatic nitrogens is 3. The molecule has 1 saturated heterocycles. The SMILES string of the molecule is Cc1cc(-c2nn(-c3ccccc3)c3c2P(=S)(N2CCOCC2)OC(c2cccs2)=N3)c(C)n1-c1ccc(Br)cc1. The zero-order valence-corrected chi connectivity index (χ0v) is 26.6. The van der Waals surface area contributed by atoms with E-state index in [1.54, 1.807) is 11.3 Å². The maximum absolute atomic E-state index is 6.86. The van der Waals surface area contributed by atoms with Crippen LogP contribution in [-0.4, -0.2) is 51.2 Å². The number of ether oxygens (including phenoxy) is 1. The van der Waals surface area contributed by atoms with Gasteiger partial charge in [-0.15, -0.1) is 11.3 Å². The van der Waals surface area contributed by atoms with Gasteiger partial charge in [0.1, 0.15) is 11.0 Å². The molecule has 7 nitrogen and oxygen atoms in total. The molecular formula is C30H27BrN5O2PS2. The van der Waals surface area contributed by atoms with E-state index < -0.39 is 6.42 Å². The molecular weight excluding hydrogens is 637 g/mol. The largest absolute Gasteiger partial charge is 0.430 e. The van der Waals surface area contributed by atoms with E-state index in [2.05, 4.69) is 81.5 Å². The van der Waals surface area contributed by atoms with Crippen molar-refractivity contribution in [1.82, 2.24) is 19.0 Å². The summed E-state index contributed by atoms with van der Waals surface area (Å²) >= 11 is 11.8. The first-order chi connectivity index (χ1) is 19.9. The number of benzene rings is 2. The topological polar surface area (TPSA) is 56.8 Å². The first-order valence-electron chi connectivity index (χ1n) is 13.3. The number of halogens is 1. The number of fused-ring (bicyclic) bond motifs is 1. The lowest BCUT2D eigenvalue weighted by atomic mass is 10.2. The molecule has 0 N–H and O–H groups in total. The summed E-state index contributed by atoms with van der Waals surface area (Å²) in [6, 6.07) is 24.7. The van der Waals surface area contributed by atoms with Gasteiger partial charge in [-0.3, -0.25) is 0 Å². The highest BCUT2D eigenvalue weighted by Crippen LogP contribution is 2.58. The van der Waals surface area contributed by atoms with Crippen molar-refractivity contribution in [2.24, 2.45) is 4.99 Å². The second-order valence-corrected chi connectivity index (χ2v) is 15.5. The van der Waals surface area contributed by atoms with Crippen molar-refractivity contribution >= 4 is 62.5 Å². The number of para-hydroxylation sites is 1. The van der Waals surface area contributed by atoms with Crippen molar-refractivity contribution in [3.05, 3.63) is 98.9 Å². The minimum atomic E-state index is -2.82. The maximum Gasteiger partial charge on any atom is 0.238 e. The Morgan fingerprint density at radius 2 is 1.71 bits per heavy atom. The van der Waals surface area contributed by atoms with Gasteiger partial charge >= 0.3 is 0 Å². The molecule has 0 aliphatic carbocycles. The van der Waals surface area contributed by atoms with Gasteiger partial charge < -0.3 is 13.8 Å². The van der Waals surface area contributed by atoms with E-state index >= 15 is 0 Å². The number of rotatable bonds is 5. The Labute approximate surface area is 256 Å². The lowest BCUT2D eigenvalue weighted by Gasteiger charge is -2.38. The Kier molecular flexibility index (Phi) is 7.09. The summed E-state index contributed by atoms with van der Waals surface area (Å²) in [5.74, 6) is 1.30. The molecule has 5 aromatic rings. The number of thiophene rings is 1. The van der Waals surface area contributed by atoms with Crippen LogP contribution in [0.3, 0.4) is 0 Å². The van der Waals surface area contributed by atoms with Crippen LogP contribution in [-0.2, 0) is 21.1 Å². The Hall–Kier alpha value is -2.85. The van der Waals surface area contributed by atoms with Crippen LogP contribution in [0.5, 0.6) is 0 Å². The van der Waals surface area contributed by atoms with E-state index in [1.807, 2.05) is 40.4 Å². The Bertz CT molecular complexity index is 1810. The van der Waals surface area contributed by atoms with E-state index in [-0.39, 0.29) is 0 Å². The quantitative estimate of drug-likeness (QED) is 0.187. The third-order valence-corrected chi connectivity index (χ3v) is 12.8. The molecule has 1 atom stereocenters. The molecule has 0 spiro atoms. The van der Waals surface area contributed by atoms with Crippen molar-refractivity contribution in [1.29, 1.82) is 0 Å². The molecule has 7 rings (SSSR count). The van der Waals surface area contributed by atoms with Crippen molar-refractivity contribution in [3.8, 4) is 22.6 Å². The molecule has 5 heterocycles. The predicted octanol–water partition coefficient (Wildman–Crippen LogP) is 7.15. The zero-order valence-electron chi connectivity index (χ0n) is 22.5. The van der Waals surface area contributed by atoms with Crippen molar-refractivity contribution in [2.75, 3.05) is 26.3 Å². The summed E-state index contributed by atoms with van der Waals surface area (Å²) in [5, 5.41) is 8.21. The highest BCUT2D eigenvalue weighted by atomic mass is 79.9. The van der Waals surface area contributed by atoms with E-state index in [4.69, 9.17) is 31.2 Å². The molecule has 1 fully saturated rings. The van der Waals surface area contributed by atoms with Gasteiger partial charge in [0.05, 0.1) is 23.8 Å². The van der Waals surface area contributed by atoms with Crippen LogP contribution in [0, 0.1) is 13.8 Å². The molecule has 0 radical (unpaired) electrons. The number of aryl methyl sites for hydroxylation is 1. The van der Waals surface area contributed by atoms with Crippen LogP contribution in [0.15, 0.2) is 87.6 Å². The van der Waals surface area contributed by atoms with Crippen LogP contribution in [0.2, 0.25) is 0 Å². The maximum atomic E-state index is 6.86. The molecule has 0 bridgehead atoms. The van der Waals surface area contributed by atoms with Crippen molar-refractivity contribution < 1.29 is 9.26 Å². The van der Waals surface area contributed by atoms with Crippen LogP contribution in [0.25, 0.3) is 22.6 Å². The molecule has 0 saturated carbocycles. The normalized spacial score (nSPS) is 19.0. The summed E-state index contributed by atoms with van der Waals surface area (Å²) in [4.78, 5) is 6.08. The van der Waals surface area contributed by atoms with Crippen LogP contribution >= 0.6 is 33.7 Å². The molecule has 0 amide bonds.